The molecule has 0 unspecified atom stereocenters. The lowest BCUT2D eigenvalue weighted by molar-refractivity contribution is 0.0600. The first kappa shape index (κ1) is 13.1. The summed E-state index contributed by atoms with van der Waals surface area (Å²) in [4.78, 5) is 11.5. The van der Waals surface area contributed by atoms with Crippen LogP contribution < -0.4 is 4.74 Å². The van der Waals surface area contributed by atoms with Crippen LogP contribution in [-0.2, 0) is 4.74 Å². The standard InChI is InChI=1S/C14H16N2O3/c1-4-19-12-7-5-6-11(8-12)16-9-13(10(2)15-16)14(17)18-3/h5-9H,4H2,1-3H3. The predicted molar refractivity (Wildman–Crippen MR) is 70.8 cm³/mol. The van der Waals surface area contributed by atoms with E-state index in [1.165, 1.54) is 7.11 Å². The largest absolute Gasteiger partial charge is 0.494 e. The second kappa shape index (κ2) is 5.56. The van der Waals surface area contributed by atoms with Crippen LogP contribution in [0.1, 0.15) is 23.0 Å². The van der Waals surface area contributed by atoms with Crippen LogP contribution in [0.3, 0.4) is 0 Å². The Labute approximate surface area is 111 Å². The molecule has 0 bridgehead atoms. The Balaban J connectivity index is 2.36. The molecule has 0 amide bonds. The molecule has 2 aromatic rings. The number of hydrogen-bond donors (Lipinski definition) is 0. The fourth-order valence-electron chi connectivity index (χ4n) is 1.79. The summed E-state index contributed by atoms with van der Waals surface area (Å²) in [6.07, 6.45) is 1.66. The molecule has 0 spiro atoms. The van der Waals surface area contributed by atoms with Crippen molar-refractivity contribution in [3.8, 4) is 11.4 Å². The molecule has 0 saturated heterocycles. The van der Waals surface area contributed by atoms with E-state index >= 15 is 0 Å². The van der Waals surface area contributed by atoms with Crippen LogP contribution in [0.25, 0.3) is 5.69 Å². The summed E-state index contributed by atoms with van der Waals surface area (Å²) in [7, 11) is 1.36. The zero-order valence-corrected chi connectivity index (χ0v) is 11.2. The first-order chi connectivity index (χ1) is 9.15. The van der Waals surface area contributed by atoms with Gasteiger partial charge in [0.15, 0.2) is 0 Å². The third kappa shape index (κ3) is 2.76. The van der Waals surface area contributed by atoms with E-state index in [0.717, 1.165) is 11.4 Å². The highest BCUT2D eigenvalue weighted by molar-refractivity contribution is 5.90. The lowest BCUT2D eigenvalue weighted by Gasteiger charge is -2.05. The number of nitrogens with zero attached hydrogens (tertiary/aromatic N) is 2. The Bertz CT molecular complexity index is 590. The Morgan fingerprint density at radius 3 is 2.89 bits per heavy atom. The van der Waals surface area contributed by atoms with Crippen molar-refractivity contribution >= 4 is 5.97 Å². The van der Waals surface area contributed by atoms with Gasteiger partial charge in [-0.05, 0) is 26.0 Å². The van der Waals surface area contributed by atoms with E-state index in [-0.39, 0.29) is 5.97 Å². The highest BCUT2D eigenvalue weighted by atomic mass is 16.5. The minimum atomic E-state index is -0.385. The van der Waals surface area contributed by atoms with E-state index in [2.05, 4.69) is 5.10 Å². The zero-order valence-electron chi connectivity index (χ0n) is 11.2. The number of carbonyl (C=O) groups is 1. The number of ether oxygens (including phenoxy) is 2. The van der Waals surface area contributed by atoms with E-state index in [9.17, 15) is 4.79 Å². The minimum Gasteiger partial charge on any atom is -0.494 e. The summed E-state index contributed by atoms with van der Waals surface area (Å²) in [5, 5.41) is 4.31. The smallest absolute Gasteiger partial charge is 0.341 e. The van der Waals surface area contributed by atoms with Gasteiger partial charge in [-0.15, -0.1) is 0 Å². The van der Waals surface area contributed by atoms with Crippen molar-refractivity contribution in [2.24, 2.45) is 0 Å². The van der Waals surface area contributed by atoms with Crippen LogP contribution in [0.4, 0.5) is 0 Å². The Hall–Kier alpha value is -2.30. The topological polar surface area (TPSA) is 53.4 Å². The van der Waals surface area contributed by atoms with Gasteiger partial charge in [0.05, 0.1) is 25.1 Å². The molecule has 0 fully saturated rings. The van der Waals surface area contributed by atoms with Gasteiger partial charge in [-0.3, -0.25) is 0 Å². The van der Waals surface area contributed by atoms with Crippen molar-refractivity contribution in [3.63, 3.8) is 0 Å². The molecular formula is C14H16N2O3. The van der Waals surface area contributed by atoms with Crippen molar-refractivity contribution in [1.82, 2.24) is 9.78 Å². The highest BCUT2D eigenvalue weighted by Crippen LogP contribution is 2.18. The lowest BCUT2D eigenvalue weighted by atomic mass is 10.2. The van der Waals surface area contributed by atoms with Crippen LogP contribution in [0.5, 0.6) is 5.75 Å². The van der Waals surface area contributed by atoms with Crippen LogP contribution in [0.15, 0.2) is 30.5 Å². The Kier molecular flexibility index (Phi) is 3.85. The average molecular weight is 260 g/mol. The monoisotopic (exact) mass is 260 g/mol. The Morgan fingerprint density at radius 1 is 1.42 bits per heavy atom. The molecule has 5 nitrogen and oxygen atoms in total. The quantitative estimate of drug-likeness (QED) is 0.792. The molecule has 0 saturated carbocycles. The molecule has 1 aromatic carbocycles. The molecule has 2 rings (SSSR count). The van der Waals surface area contributed by atoms with Crippen molar-refractivity contribution in [3.05, 3.63) is 41.7 Å². The summed E-state index contributed by atoms with van der Waals surface area (Å²) >= 11 is 0. The highest BCUT2D eigenvalue weighted by Gasteiger charge is 2.14. The molecular weight excluding hydrogens is 244 g/mol. The van der Waals surface area contributed by atoms with Crippen molar-refractivity contribution in [2.45, 2.75) is 13.8 Å². The normalized spacial score (nSPS) is 10.3. The van der Waals surface area contributed by atoms with Crippen molar-refractivity contribution in [2.75, 3.05) is 13.7 Å². The number of esters is 1. The number of aromatic nitrogens is 2. The summed E-state index contributed by atoms with van der Waals surface area (Å²) in [5.74, 6) is 0.387. The fraction of sp³-hybridized carbons (Fsp3) is 0.286. The van der Waals surface area contributed by atoms with Gasteiger partial charge in [0, 0.05) is 12.3 Å². The van der Waals surface area contributed by atoms with Gasteiger partial charge in [0.25, 0.3) is 0 Å². The molecule has 0 atom stereocenters. The van der Waals surface area contributed by atoms with Gasteiger partial charge in [0.1, 0.15) is 11.3 Å². The van der Waals surface area contributed by atoms with Gasteiger partial charge in [0.2, 0.25) is 0 Å². The molecule has 19 heavy (non-hydrogen) atoms. The first-order valence-corrected chi connectivity index (χ1v) is 6.03. The number of hydrogen-bond acceptors (Lipinski definition) is 4. The number of benzene rings is 1. The van der Waals surface area contributed by atoms with Crippen LogP contribution in [0.2, 0.25) is 0 Å². The van der Waals surface area contributed by atoms with Gasteiger partial charge in [-0.2, -0.15) is 5.10 Å². The third-order valence-corrected chi connectivity index (χ3v) is 2.70. The van der Waals surface area contributed by atoms with Gasteiger partial charge >= 0.3 is 5.97 Å². The second-order valence-corrected chi connectivity index (χ2v) is 3.99. The number of carbonyl (C=O) groups excluding carboxylic acids is 1. The van der Waals surface area contributed by atoms with Crippen LogP contribution in [0, 0.1) is 6.92 Å². The second-order valence-electron chi connectivity index (χ2n) is 3.99. The number of aryl methyl sites for hydroxylation is 1. The molecule has 0 aliphatic carbocycles. The fourth-order valence-corrected chi connectivity index (χ4v) is 1.79. The van der Waals surface area contributed by atoms with Crippen LogP contribution >= 0.6 is 0 Å². The molecule has 0 aliphatic rings. The van der Waals surface area contributed by atoms with E-state index in [1.807, 2.05) is 31.2 Å². The summed E-state index contributed by atoms with van der Waals surface area (Å²) in [5.41, 5.74) is 1.93. The van der Waals surface area contributed by atoms with E-state index in [0.29, 0.717) is 17.9 Å². The van der Waals surface area contributed by atoms with Crippen LogP contribution in [-0.4, -0.2) is 29.5 Å². The molecule has 0 radical (unpaired) electrons. The molecule has 0 aliphatic heterocycles. The van der Waals surface area contributed by atoms with Gasteiger partial charge < -0.3 is 9.47 Å². The maximum absolute atomic E-state index is 11.5. The van der Waals surface area contributed by atoms with E-state index in [4.69, 9.17) is 9.47 Å². The summed E-state index contributed by atoms with van der Waals surface area (Å²) in [6, 6.07) is 7.53. The average Bonchev–Trinajstić information content (AvgIpc) is 2.81. The van der Waals surface area contributed by atoms with Gasteiger partial charge in [-0.1, -0.05) is 6.07 Å². The SMILES string of the molecule is CCOc1cccc(-n2cc(C(=O)OC)c(C)n2)c1. The van der Waals surface area contributed by atoms with Crippen molar-refractivity contribution in [1.29, 1.82) is 0 Å². The molecule has 1 heterocycles. The molecule has 5 heteroatoms. The number of rotatable bonds is 4. The summed E-state index contributed by atoms with van der Waals surface area (Å²) in [6.45, 7) is 4.31. The zero-order chi connectivity index (χ0) is 13.8. The summed E-state index contributed by atoms with van der Waals surface area (Å²) < 4.78 is 11.8. The predicted octanol–water partition coefficient (Wildman–Crippen LogP) is 2.37. The molecule has 0 N–H and O–H groups in total. The van der Waals surface area contributed by atoms with Gasteiger partial charge in [-0.25, -0.2) is 9.48 Å². The van der Waals surface area contributed by atoms with E-state index < -0.39 is 0 Å². The first-order valence-electron chi connectivity index (χ1n) is 6.03. The number of methoxy groups -OCH3 is 1. The maximum atomic E-state index is 11.5. The third-order valence-electron chi connectivity index (χ3n) is 2.70. The van der Waals surface area contributed by atoms with Crippen molar-refractivity contribution < 1.29 is 14.3 Å². The maximum Gasteiger partial charge on any atom is 0.341 e. The minimum absolute atomic E-state index is 0.385. The molecule has 1 aromatic heterocycles. The molecule has 100 valence electrons. The Morgan fingerprint density at radius 2 is 2.21 bits per heavy atom. The lowest BCUT2D eigenvalue weighted by Crippen LogP contribution is -2.01. The van der Waals surface area contributed by atoms with E-state index in [1.54, 1.807) is 17.8 Å².